The van der Waals surface area contributed by atoms with Crippen LogP contribution in [0.2, 0.25) is 0 Å². The van der Waals surface area contributed by atoms with Crippen molar-refractivity contribution < 1.29 is 18.8 Å². The minimum absolute atomic E-state index is 0.000508. The molecular weight excluding hydrogens is 532 g/mol. The Hall–Kier alpha value is -0.650. The molecule has 0 N–H and O–H groups in total. The molecule has 5 saturated carbocycles. The lowest BCUT2D eigenvalue weighted by Crippen LogP contribution is -2.68. The van der Waals surface area contributed by atoms with E-state index in [2.05, 4.69) is 81.6 Å². The summed E-state index contributed by atoms with van der Waals surface area (Å²) in [5.41, 5.74) is 1.84. The van der Waals surface area contributed by atoms with Crippen LogP contribution in [0.4, 0.5) is 0 Å². The first-order valence-corrected chi connectivity index (χ1v) is 18.1. The lowest BCUT2D eigenvalue weighted by atomic mass is 9.31. The van der Waals surface area contributed by atoms with Gasteiger partial charge in [0, 0.05) is 12.0 Å². The number of carbonyl (C=O) groups is 1. The molecule has 0 aromatic rings. The van der Waals surface area contributed by atoms with Gasteiger partial charge >= 0.3 is 5.97 Å². The average Bonchev–Trinajstić information content (AvgIpc) is 3.23. The molecule has 5 heteroatoms. The molecule has 6 aliphatic rings. The third-order valence-corrected chi connectivity index (χ3v) is 16.1. The summed E-state index contributed by atoms with van der Waals surface area (Å²) in [6, 6.07) is 0. The first-order chi connectivity index (χ1) is 19.8. The SMILES string of the molecule is CN(C)CC[N+](C)(C)CC(=O)O[C@H]1CC[C@@]2(C)C(CC[C@]3(C)C2CCC2C4[C@@H]5OC[C@@]4(CCC5(C)C)CC[C@]23C)C1(C)C. The third kappa shape index (κ3) is 4.73. The van der Waals surface area contributed by atoms with Crippen molar-refractivity contribution in [2.75, 3.05) is 54.4 Å². The molecule has 246 valence electrons. The van der Waals surface area contributed by atoms with Crippen LogP contribution >= 0.6 is 0 Å². The fourth-order valence-corrected chi connectivity index (χ4v) is 13.3. The molecule has 0 spiro atoms. The van der Waals surface area contributed by atoms with Crippen molar-refractivity contribution in [2.45, 2.75) is 125 Å². The van der Waals surface area contributed by atoms with Crippen molar-refractivity contribution in [2.24, 2.45) is 56.2 Å². The molecule has 43 heavy (non-hydrogen) atoms. The van der Waals surface area contributed by atoms with E-state index in [0.717, 1.165) is 43.9 Å². The average molecular weight is 600 g/mol. The van der Waals surface area contributed by atoms with E-state index in [9.17, 15) is 4.79 Å². The van der Waals surface area contributed by atoms with E-state index in [1.807, 2.05) is 0 Å². The van der Waals surface area contributed by atoms with Gasteiger partial charge in [-0.1, -0.05) is 48.5 Å². The lowest BCUT2D eigenvalue weighted by molar-refractivity contribution is -0.882. The number of fused-ring (bicyclic) bond motifs is 5. The third-order valence-electron chi connectivity index (χ3n) is 16.1. The Morgan fingerprint density at radius 2 is 1.53 bits per heavy atom. The Kier molecular flexibility index (Phi) is 7.64. The highest BCUT2D eigenvalue weighted by Gasteiger charge is 2.73. The maximum Gasteiger partial charge on any atom is 0.362 e. The van der Waals surface area contributed by atoms with E-state index in [1.54, 1.807) is 0 Å². The van der Waals surface area contributed by atoms with Crippen molar-refractivity contribution in [1.82, 2.24) is 4.90 Å². The smallest absolute Gasteiger partial charge is 0.362 e. The zero-order chi connectivity index (χ0) is 31.4. The van der Waals surface area contributed by atoms with Crippen molar-refractivity contribution >= 4 is 5.97 Å². The van der Waals surface area contributed by atoms with Crippen LogP contribution in [0.25, 0.3) is 0 Å². The van der Waals surface area contributed by atoms with Crippen LogP contribution in [0.3, 0.4) is 0 Å². The molecule has 10 atom stereocenters. The minimum Gasteiger partial charge on any atom is -0.458 e. The summed E-state index contributed by atoms with van der Waals surface area (Å²) in [4.78, 5) is 15.5. The highest BCUT2D eigenvalue weighted by Crippen LogP contribution is 2.78. The summed E-state index contributed by atoms with van der Waals surface area (Å²) >= 11 is 0. The first kappa shape index (κ1) is 32.3. The molecule has 6 fully saturated rings. The van der Waals surface area contributed by atoms with Gasteiger partial charge in [0.05, 0.1) is 33.4 Å². The maximum atomic E-state index is 13.3. The molecule has 0 aromatic heterocycles. The van der Waals surface area contributed by atoms with Gasteiger partial charge in [0.1, 0.15) is 6.10 Å². The molecular formula is C38H67N2O3+. The molecule has 2 bridgehead atoms. The number of hydrogen-bond donors (Lipinski definition) is 0. The fraction of sp³-hybridized carbons (Fsp3) is 0.974. The predicted octanol–water partition coefficient (Wildman–Crippen LogP) is 7.43. The van der Waals surface area contributed by atoms with Gasteiger partial charge in [0.15, 0.2) is 6.54 Å². The number of likely N-dealkylation sites (N-methyl/N-ethyl adjacent to an activating group) is 2. The van der Waals surface area contributed by atoms with Gasteiger partial charge in [-0.3, -0.25) is 0 Å². The molecule has 5 aliphatic carbocycles. The van der Waals surface area contributed by atoms with Gasteiger partial charge in [-0.05, 0) is 129 Å². The van der Waals surface area contributed by atoms with Crippen LogP contribution < -0.4 is 0 Å². The molecule has 0 amide bonds. The van der Waals surface area contributed by atoms with Gasteiger partial charge in [-0.15, -0.1) is 0 Å². The molecule has 5 nitrogen and oxygen atoms in total. The summed E-state index contributed by atoms with van der Waals surface area (Å²) in [7, 11) is 8.51. The second-order valence-corrected chi connectivity index (χ2v) is 19.7. The predicted molar refractivity (Wildman–Crippen MR) is 174 cm³/mol. The number of quaternary nitrogens is 1. The van der Waals surface area contributed by atoms with E-state index < -0.39 is 0 Å². The van der Waals surface area contributed by atoms with Gasteiger partial charge in [0.2, 0.25) is 0 Å². The fourth-order valence-electron chi connectivity index (χ4n) is 13.3. The van der Waals surface area contributed by atoms with Gasteiger partial charge in [-0.25, -0.2) is 4.79 Å². The zero-order valence-corrected chi connectivity index (χ0v) is 30.0. The van der Waals surface area contributed by atoms with E-state index in [0.29, 0.717) is 50.1 Å². The highest BCUT2D eigenvalue weighted by atomic mass is 16.5. The number of nitrogens with zero attached hydrogens (tertiary/aromatic N) is 2. The molecule has 1 aliphatic heterocycles. The highest BCUT2D eigenvalue weighted by molar-refractivity contribution is 5.70. The quantitative estimate of drug-likeness (QED) is 0.235. The first-order valence-electron chi connectivity index (χ1n) is 18.1. The molecule has 0 aromatic carbocycles. The summed E-state index contributed by atoms with van der Waals surface area (Å²) < 4.78 is 13.9. The lowest BCUT2D eigenvalue weighted by Gasteiger charge is -2.73. The zero-order valence-electron chi connectivity index (χ0n) is 30.0. The number of rotatable bonds is 6. The summed E-state index contributed by atoms with van der Waals surface area (Å²) in [6.07, 6.45) is 13.6. The van der Waals surface area contributed by atoms with Gasteiger partial charge < -0.3 is 18.9 Å². The van der Waals surface area contributed by atoms with Crippen LogP contribution in [0.5, 0.6) is 0 Å². The Morgan fingerprint density at radius 1 is 0.837 bits per heavy atom. The monoisotopic (exact) mass is 600 g/mol. The van der Waals surface area contributed by atoms with Crippen LogP contribution in [0.1, 0.15) is 113 Å². The maximum absolute atomic E-state index is 13.3. The number of esters is 1. The van der Waals surface area contributed by atoms with Crippen LogP contribution in [-0.4, -0.2) is 82.0 Å². The number of carbonyl (C=O) groups excluding carboxylic acids is 1. The molecule has 6 rings (SSSR count). The molecule has 1 saturated heterocycles. The standard InChI is InChI=1S/C38H67N2O3/c1-33(2)18-20-38-21-19-36(6)26(31(38)32(33)42-25-38)12-13-28-35(5)16-15-29(34(3,4)27(35)14-17-37(28,36)7)43-30(41)24-40(10,11)23-22-39(8)9/h26-29,31-32H,12-25H2,1-11H3/q+1/t26?,27?,28?,29-,31?,32-,35-,36+,37+,38+/m0/s1. The van der Waals surface area contributed by atoms with Crippen LogP contribution in [0.15, 0.2) is 0 Å². The molecule has 4 unspecified atom stereocenters. The van der Waals surface area contributed by atoms with E-state index in [1.165, 1.54) is 57.8 Å². The molecule has 0 radical (unpaired) electrons. The number of ether oxygens (including phenoxy) is 2. The Balaban J connectivity index is 1.21. The van der Waals surface area contributed by atoms with Gasteiger partial charge in [-0.2, -0.15) is 0 Å². The van der Waals surface area contributed by atoms with Crippen LogP contribution in [0, 0.1) is 56.2 Å². The normalized spacial score (nSPS) is 48.1. The second-order valence-electron chi connectivity index (χ2n) is 19.7. The molecule has 1 heterocycles. The van der Waals surface area contributed by atoms with Crippen molar-refractivity contribution in [3.63, 3.8) is 0 Å². The van der Waals surface area contributed by atoms with Crippen molar-refractivity contribution in [3.05, 3.63) is 0 Å². The van der Waals surface area contributed by atoms with Crippen molar-refractivity contribution in [1.29, 1.82) is 0 Å². The van der Waals surface area contributed by atoms with E-state index in [4.69, 9.17) is 9.47 Å². The Labute approximate surface area is 264 Å². The summed E-state index contributed by atoms with van der Waals surface area (Å²) in [6.45, 7) is 21.4. The second kappa shape index (κ2) is 10.2. The largest absolute Gasteiger partial charge is 0.458 e. The van der Waals surface area contributed by atoms with Crippen molar-refractivity contribution in [3.8, 4) is 0 Å². The minimum atomic E-state index is -0.0116. The number of hydrogen-bond acceptors (Lipinski definition) is 4. The Bertz CT molecular complexity index is 1100. The van der Waals surface area contributed by atoms with E-state index >= 15 is 0 Å². The topological polar surface area (TPSA) is 38.8 Å². The summed E-state index contributed by atoms with van der Waals surface area (Å²) in [5.74, 6) is 2.90. The Morgan fingerprint density at radius 3 is 2.23 bits per heavy atom. The van der Waals surface area contributed by atoms with E-state index in [-0.39, 0.29) is 17.5 Å². The van der Waals surface area contributed by atoms with Crippen LogP contribution in [-0.2, 0) is 14.3 Å². The summed E-state index contributed by atoms with van der Waals surface area (Å²) in [5, 5.41) is 0. The van der Waals surface area contributed by atoms with Gasteiger partial charge in [0.25, 0.3) is 0 Å².